The van der Waals surface area contributed by atoms with Crippen molar-refractivity contribution < 1.29 is 18.3 Å². The number of carbonyl (C=O) groups excluding carboxylic acids is 1. The molecule has 0 aliphatic carbocycles. The van der Waals surface area contributed by atoms with Crippen molar-refractivity contribution >= 4 is 28.6 Å². The van der Waals surface area contributed by atoms with Crippen molar-refractivity contribution in [1.29, 1.82) is 0 Å². The molecule has 0 radical (unpaired) electrons. The molecule has 0 aliphatic rings. The molecule has 0 unspecified atom stereocenters. The van der Waals surface area contributed by atoms with Gasteiger partial charge < -0.3 is 10.5 Å². The average Bonchev–Trinajstić information content (AvgIpc) is 2.27. The predicted molar refractivity (Wildman–Crippen MR) is 65.5 cm³/mol. The van der Waals surface area contributed by atoms with E-state index < -0.39 is 12.4 Å². The Hall–Kier alpha value is -0.830. The number of methoxy groups -OCH3 is 1. The van der Waals surface area contributed by atoms with Crippen LogP contribution in [0.5, 0.6) is 0 Å². The second-order valence-corrected chi connectivity index (χ2v) is 4.33. The number of hydrogen-bond acceptors (Lipinski definition) is 4. The van der Waals surface area contributed by atoms with Gasteiger partial charge in [0.25, 0.3) is 6.43 Å². The van der Waals surface area contributed by atoms with Crippen LogP contribution in [0.25, 0.3) is 0 Å². The first kappa shape index (κ1) is 14.2. The minimum atomic E-state index is -2.71. The molecule has 7 heteroatoms. The van der Waals surface area contributed by atoms with Crippen LogP contribution < -0.4 is 5.73 Å². The SMILES string of the molecule is COC(=O)Cc1nc(I)cc(CN)c1C(F)F. The maximum absolute atomic E-state index is 12.9. The van der Waals surface area contributed by atoms with Crippen LogP contribution >= 0.6 is 22.6 Å². The Morgan fingerprint density at radius 1 is 1.65 bits per heavy atom. The zero-order chi connectivity index (χ0) is 13.0. The maximum Gasteiger partial charge on any atom is 0.311 e. The molecule has 1 aromatic heterocycles. The zero-order valence-corrected chi connectivity index (χ0v) is 11.2. The Balaban J connectivity index is 3.25. The van der Waals surface area contributed by atoms with Crippen molar-refractivity contribution in [3.8, 4) is 0 Å². The summed E-state index contributed by atoms with van der Waals surface area (Å²) in [6, 6.07) is 1.49. The monoisotopic (exact) mass is 356 g/mol. The number of aromatic nitrogens is 1. The van der Waals surface area contributed by atoms with Gasteiger partial charge in [0.15, 0.2) is 0 Å². The molecule has 0 fully saturated rings. The van der Waals surface area contributed by atoms with E-state index in [1.54, 1.807) is 0 Å². The third-order valence-corrected chi connectivity index (χ3v) is 2.72. The first-order chi connectivity index (χ1) is 7.99. The smallest absolute Gasteiger partial charge is 0.311 e. The number of halogens is 3. The van der Waals surface area contributed by atoms with Gasteiger partial charge in [-0.05, 0) is 34.2 Å². The summed E-state index contributed by atoms with van der Waals surface area (Å²) in [5.41, 5.74) is 5.47. The molecule has 0 aliphatic heterocycles. The van der Waals surface area contributed by atoms with Crippen LogP contribution in [0.1, 0.15) is 23.2 Å². The lowest BCUT2D eigenvalue weighted by Gasteiger charge is -2.12. The number of rotatable bonds is 4. The van der Waals surface area contributed by atoms with E-state index >= 15 is 0 Å². The number of esters is 1. The highest BCUT2D eigenvalue weighted by Gasteiger charge is 2.21. The quantitative estimate of drug-likeness (QED) is 0.508. The van der Waals surface area contributed by atoms with E-state index in [1.165, 1.54) is 13.2 Å². The van der Waals surface area contributed by atoms with Crippen LogP contribution in [0, 0.1) is 3.70 Å². The highest BCUT2D eigenvalue weighted by molar-refractivity contribution is 14.1. The van der Waals surface area contributed by atoms with Gasteiger partial charge in [-0.15, -0.1) is 0 Å². The highest BCUT2D eigenvalue weighted by Crippen LogP contribution is 2.27. The summed E-state index contributed by atoms with van der Waals surface area (Å²) >= 11 is 1.89. The molecule has 0 saturated heterocycles. The molecule has 94 valence electrons. The molecule has 0 bridgehead atoms. The normalized spacial score (nSPS) is 10.7. The summed E-state index contributed by atoms with van der Waals surface area (Å²) in [6.07, 6.45) is -2.99. The second kappa shape index (κ2) is 6.20. The first-order valence-corrected chi connectivity index (χ1v) is 5.80. The molecule has 1 rings (SSSR count). The van der Waals surface area contributed by atoms with Gasteiger partial charge in [-0.2, -0.15) is 0 Å². The molecule has 17 heavy (non-hydrogen) atoms. The fourth-order valence-corrected chi connectivity index (χ4v) is 2.07. The van der Waals surface area contributed by atoms with Gasteiger partial charge in [0.2, 0.25) is 0 Å². The number of carbonyl (C=O) groups is 1. The number of hydrogen-bond donors (Lipinski definition) is 1. The van der Waals surface area contributed by atoms with Crippen molar-refractivity contribution in [1.82, 2.24) is 4.98 Å². The second-order valence-electron chi connectivity index (χ2n) is 3.22. The molecule has 0 amide bonds. The van der Waals surface area contributed by atoms with Gasteiger partial charge in [-0.25, -0.2) is 13.8 Å². The molecular weight excluding hydrogens is 345 g/mol. The Labute approximate surface area is 111 Å². The Bertz CT molecular complexity index is 427. The van der Waals surface area contributed by atoms with Crippen molar-refractivity contribution in [2.24, 2.45) is 5.73 Å². The average molecular weight is 356 g/mol. The van der Waals surface area contributed by atoms with Crippen LogP contribution in [0.4, 0.5) is 8.78 Å². The van der Waals surface area contributed by atoms with Crippen LogP contribution in [0.2, 0.25) is 0 Å². The number of nitrogens with zero attached hydrogens (tertiary/aromatic N) is 1. The number of ether oxygens (including phenoxy) is 1. The standard InChI is InChI=1S/C10H11F2IN2O2/c1-17-8(16)3-6-9(10(11)12)5(4-14)2-7(13)15-6/h2,10H,3-4,14H2,1H3. The number of alkyl halides is 2. The molecular formula is C10H11F2IN2O2. The molecule has 2 N–H and O–H groups in total. The minimum Gasteiger partial charge on any atom is -0.469 e. The Kier molecular flexibility index (Phi) is 5.19. The highest BCUT2D eigenvalue weighted by atomic mass is 127. The molecule has 1 aromatic rings. The Morgan fingerprint density at radius 2 is 2.29 bits per heavy atom. The van der Waals surface area contributed by atoms with Crippen LogP contribution in [-0.4, -0.2) is 18.1 Å². The topological polar surface area (TPSA) is 65.2 Å². The molecule has 4 nitrogen and oxygen atoms in total. The van der Waals surface area contributed by atoms with Gasteiger partial charge >= 0.3 is 5.97 Å². The van der Waals surface area contributed by atoms with E-state index in [2.05, 4.69) is 9.72 Å². The van der Waals surface area contributed by atoms with E-state index in [0.29, 0.717) is 9.26 Å². The minimum absolute atomic E-state index is 0.0215. The third kappa shape index (κ3) is 3.56. The lowest BCUT2D eigenvalue weighted by Crippen LogP contribution is -2.13. The molecule has 0 saturated carbocycles. The fraction of sp³-hybridized carbons (Fsp3) is 0.400. The van der Waals surface area contributed by atoms with Crippen molar-refractivity contribution in [3.05, 3.63) is 26.6 Å². The molecule has 0 atom stereocenters. The van der Waals surface area contributed by atoms with Gasteiger partial charge in [0, 0.05) is 12.1 Å². The third-order valence-electron chi connectivity index (χ3n) is 2.17. The van der Waals surface area contributed by atoms with Gasteiger partial charge in [0.05, 0.1) is 19.2 Å². The lowest BCUT2D eigenvalue weighted by atomic mass is 10.0. The van der Waals surface area contributed by atoms with E-state index in [1.807, 2.05) is 22.6 Å². The summed E-state index contributed by atoms with van der Waals surface area (Å²) in [6.45, 7) is -0.0215. The van der Waals surface area contributed by atoms with Gasteiger partial charge in [-0.1, -0.05) is 0 Å². The lowest BCUT2D eigenvalue weighted by molar-refractivity contribution is -0.139. The summed E-state index contributed by atoms with van der Waals surface area (Å²) < 4.78 is 30.8. The summed E-state index contributed by atoms with van der Waals surface area (Å²) in [7, 11) is 1.20. The maximum atomic E-state index is 12.9. The summed E-state index contributed by atoms with van der Waals surface area (Å²) in [5, 5.41) is 0. The van der Waals surface area contributed by atoms with E-state index in [4.69, 9.17) is 5.73 Å². The van der Waals surface area contributed by atoms with Crippen molar-refractivity contribution in [2.75, 3.05) is 7.11 Å². The zero-order valence-electron chi connectivity index (χ0n) is 9.04. The van der Waals surface area contributed by atoms with Gasteiger partial charge in [0.1, 0.15) is 3.70 Å². The predicted octanol–water partition coefficient (Wildman–Crippen LogP) is 1.80. The molecule has 1 heterocycles. The fourth-order valence-electron chi connectivity index (χ4n) is 1.41. The molecule has 0 spiro atoms. The Morgan fingerprint density at radius 3 is 2.76 bits per heavy atom. The summed E-state index contributed by atoms with van der Waals surface area (Å²) in [4.78, 5) is 15.1. The van der Waals surface area contributed by atoms with E-state index in [9.17, 15) is 13.6 Å². The van der Waals surface area contributed by atoms with Gasteiger partial charge in [-0.3, -0.25) is 4.79 Å². The molecule has 0 aromatic carbocycles. The number of nitrogens with two attached hydrogens (primary N) is 1. The van der Waals surface area contributed by atoms with Crippen LogP contribution in [0.3, 0.4) is 0 Å². The van der Waals surface area contributed by atoms with Crippen molar-refractivity contribution in [3.63, 3.8) is 0 Å². The number of pyridine rings is 1. The largest absolute Gasteiger partial charge is 0.469 e. The van der Waals surface area contributed by atoms with E-state index in [0.717, 1.165) is 0 Å². The van der Waals surface area contributed by atoms with Crippen molar-refractivity contribution in [2.45, 2.75) is 19.4 Å². The van der Waals surface area contributed by atoms with E-state index in [-0.39, 0.29) is 24.2 Å². The van der Waals surface area contributed by atoms with Crippen LogP contribution in [0.15, 0.2) is 6.07 Å². The van der Waals surface area contributed by atoms with Crippen LogP contribution in [-0.2, 0) is 22.5 Å². The summed E-state index contributed by atoms with van der Waals surface area (Å²) in [5.74, 6) is -0.607. The first-order valence-electron chi connectivity index (χ1n) is 4.72.